The second kappa shape index (κ2) is 6.95. The Morgan fingerprint density at radius 2 is 1.81 bits per heavy atom. The molecule has 0 unspecified atom stereocenters. The highest BCUT2D eigenvalue weighted by Crippen LogP contribution is 2.68. The van der Waals surface area contributed by atoms with Crippen LogP contribution in [0.25, 0.3) is 0 Å². The lowest BCUT2D eigenvalue weighted by Gasteiger charge is -2.43. The molecular weight excluding hydrogens is 472 g/mol. The zero-order chi connectivity index (χ0) is 22.5. The van der Waals surface area contributed by atoms with Crippen LogP contribution in [0.5, 0.6) is 0 Å². The van der Waals surface area contributed by atoms with E-state index in [-0.39, 0.29) is 45.6 Å². The number of hydrogen-bond acceptors (Lipinski definition) is 6. The number of amides is 2. The number of carbonyl (C=O) groups excluding carboxylic acids is 2. The highest BCUT2D eigenvalue weighted by molar-refractivity contribution is 8.00. The van der Waals surface area contributed by atoms with E-state index in [9.17, 15) is 24.3 Å². The maximum absolute atomic E-state index is 13.3. The smallest absolute Gasteiger partial charge is 0.326 e. The summed E-state index contributed by atoms with van der Waals surface area (Å²) in [4.78, 5) is 55.1. The molecule has 2 saturated carbocycles. The number of aromatic amines is 1. The Bertz CT molecular complexity index is 1220. The van der Waals surface area contributed by atoms with E-state index in [4.69, 9.17) is 11.6 Å². The minimum atomic E-state index is -1.18. The SMILES string of the molecule is C[C@@H](C(=O)O)N1C(=O)[C@@H]2[C@@H]3C[C@@H]([C@H]4Sc5[nH]c(=O)sc5[C@H](c5ccc(Cl)cc5)[C@H]34)[C@@H]2C1=O. The summed E-state index contributed by atoms with van der Waals surface area (Å²) in [5.74, 6) is -2.87. The Morgan fingerprint density at radius 1 is 1.16 bits per heavy atom. The van der Waals surface area contributed by atoms with E-state index in [2.05, 4.69) is 4.98 Å². The van der Waals surface area contributed by atoms with Crippen LogP contribution in [0, 0.1) is 29.6 Å². The van der Waals surface area contributed by atoms with E-state index >= 15 is 0 Å². The van der Waals surface area contributed by atoms with Crippen LogP contribution >= 0.6 is 34.7 Å². The molecule has 4 aliphatic rings. The van der Waals surface area contributed by atoms with Crippen LogP contribution in [-0.4, -0.2) is 44.1 Å². The summed E-state index contributed by atoms with van der Waals surface area (Å²) in [6.45, 7) is 1.39. The predicted molar refractivity (Wildman–Crippen MR) is 119 cm³/mol. The van der Waals surface area contributed by atoms with Gasteiger partial charge in [0.15, 0.2) is 0 Å². The number of imide groups is 1. The van der Waals surface area contributed by atoms with Crippen LogP contribution in [0.1, 0.15) is 29.7 Å². The van der Waals surface area contributed by atoms with Gasteiger partial charge in [0.1, 0.15) is 6.04 Å². The summed E-state index contributed by atoms with van der Waals surface area (Å²) in [7, 11) is 0. The van der Waals surface area contributed by atoms with Gasteiger partial charge in [-0.1, -0.05) is 35.1 Å². The molecule has 3 heterocycles. The number of carboxylic acid groups (broad SMARTS) is 1. The molecule has 1 aromatic carbocycles. The number of thioether (sulfide) groups is 1. The van der Waals surface area contributed by atoms with Crippen LogP contribution in [0.15, 0.2) is 34.1 Å². The van der Waals surface area contributed by atoms with E-state index in [0.717, 1.165) is 26.8 Å². The second-order valence-corrected chi connectivity index (χ2v) is 11.7. The average Bonchev–Trinajstić information content (AvgIpc) is 3.47. The Labute approximate surface area is 196 Å². The number of fused-ring (bicyclic) bond motifs is 9. The van der Waals surface area contributed by atoms with Crippen molar-refractivity contribution in [3.8, 4) is 0 Å². The van der Waals surface area contributed by atoms with Crippen molar-refractivity contribution in [1.82, 2.24) is 9.88 Å². The number of rotatable bonds is 3. The van der Waals surface area contributed by atoms with E-state index in [1.54, 1.807) is 11.8 Å². The first-order valence-corrected chi connectivity index (χ1v) is 12.6. The maximum atomic E-state index is 13.3. The van der Waals surface area contributed by atoms with Crippen molar-refractivity contribution < 1.29 is 19.5 Å². The summed E-state index contributed by atoms with van der Waals surface area (Å²) < 4.78 is 0. The molecule has 2 bridgehead atoms. The summed E-state index contributed by atoms with van der Waals surface area (Å²) in [6.07, 6.45) is 0.772. The molecule has 6 rings (SSSR count). The Morgan fingerprint density at radius 3 is 2.47 bits per heavy atom. The van der Waals surface area contributed by atoms with Crippen molar-refractivity contribution in [1.29, 1.82) is 0 Å². The minimum Gasteiger partial charge on any atom is -0.480 e. The van der Waals surface area contributed by atoms with Crippen molar-refractivity contribution in [2.45, 2.75) is 35.6 Å². The first kappa shape index (κ1) is 20.5. The Kier molecular flexibility index (Phi) is 4.45. The molecule has 0 radical (unpaired) electrons. The number of thiazole rings is 1. The van der Waals surface area contributed by atoms with E-state index in [0.29, 0.717) is 5.02 Å². The lowest BCUT2D eigenvalue weighted by molar-refractivity contribution is -0.154. The molecule has 3 fully saturated rings. The Hall–Kier alpha value is -2.10. The van der Waals surface area contributed by atoms with E-state index in [1.165, 1.54) is 18.3 Å². The highest BCUT2D eigenvalue weighted by atomic mass is 35.5. The number of benzene rings is 1. The molecule has 166 valence electrons. The van der Waals surface area contributed by atoms with Gasteiger partial charge >= 0.3 is 10.8 Å². The molecule has 32 heavy (non-hydrogen) atoms. The number of nitrogens with one attached hydrogen (secondary N) is 1. The molecular formula is C22H19ClN2O5S2. The van der Waals surface area contributed by atoms with Crippen LogP contribution in [0.3, 0.4) is 0 Å². The van der Waals surface area contributed by atoms with E-state index in [1.807, 2.05) is 24.3 Å². The molecule has 7 nitrogen and oxygen atoms in total. The zero-order valence-electron chi connectivity index (χ0n) is 16.9. The standard InChI is InChI=1S/C22H19ClN2O5S2/c1-7(21(28)29)25-19(26)14-10-6-11(15(14)20(25)27)16-13(10)12(8-2-4-9(23)5-3-8)17-18(31-16)24-22(30)32-17/h2-5,7,10-16H,6H2,1H3,(H,24,30)(H,28,29)/t7-,10+,11+,12+,13-,14+,15-,16+/m0/s1. The molecule has 2 N–H and O–H groups in total. The predicted octanol–water partition coefficient (Wildman–Crippen LogP) is 3.04. The third-order valence-electron chi connectivity index (χ3n) is 7.73. The molecule has 2 aliphatic heterocycles. The zero-order valence-corrected chi connectivity index (χ0v) is 19.2. The highest BCUT2D eigenvalue weighted by Gasteiger charge is 2.70. The van der Waals surface area contributed by atoms with Gasteiger partial charge < -0.3 is 10.1 Å². The topological polar surface area (TPSA) is 108 Å². The quantitative estimate of drug-likeness (QED) is 0.640. The number of likely N-dealkylation sites (tertiary alicyclic amines) is 1. The van der Waals surface area contributed by atoms with Gasteiger partial charge in [-0.25, -0.2) is 4.79 Å². The molecule has 8 atom stereocenters. The molecule has 2 amide bonds. The van der Waals surface area contributed by atoms with Gasteiger partial charge in [-0.05, 0) is 48.8 Å². The van der Waals surface area contributed by atoms with Gasteiger partial charge in [0.05, 0.1) is 16.9 Å². The number of H-pyrrole nitrogens is 1. The van der Waals surface area contributed by atoms with Gasteiger partial charge in [0.25, 0.3) is 0 Å². The van der Waals surface area contributed by atoms with Crippen molar-refractivity contribution in [2.24, 2.45) is 29.6 Å². The summed E-state index contributed by atoms with van der Waals surface area (Å²) in [6, 6.07) is 6.44. The fourth-order valence-electron chi connectivity index (χ4n) is 6.58. The van der Waals surface area contributed by atoms with Crippen LogP contribution < -0.4 is 4.87 Å². The third kappa shape index (κ3) is 2.61. The van der Waals surface area contributed by atoms with Crippen LogP contribution in [-0.2, 0) is 14.4 Å². The fraction of sp³-hybridized carbons (Fsp3) is 0.455. The summed E-state index contributed by atoms with van der Waals surface area (Å²) in [5.41, 5.74) is 1.04. The lowest BCUT2D eigenvalue weighted by Crippen LogP contribution is -2.44. The molecule has 1 aromatic heterocycles. The van der Waals surface area contributed by atoms with Crippen molar-refractivity contribution >= 4 is 52.5 Å². The van der Waals surface area contributed by atoms with Gasteiger partial charge in [0, 0.05) is 21.1 Å². The van der Waals surface area contributed by atoms with Gasteiger partial charge in [-0.2, -0.15) is 0 Å². The van der Waals surface area contributed by atoms with Crippen molar-refractivity contribution in [3.63, 3.8) is 0 Å². The molecule has 2 aromatic rings. The average molecular weight is 491 g/mol. The minimum absolute atomic E-state index is 0.0196. The summed E-state index contributed by atoms with van der Waals surface area (Å²) >= 11 is 8.93. The van der Waals surface area contributed by atoms with Gasteiger partial charge in [0.2, 0.25) is 11.8 Å². The van der Waals surface area contributed by atoms with Gasteiger partial charge in [-0.15, -0.1) is 11.8 Å². The third-order valence-corrected chi connectivity index (χ3v) is 10.6. The number of aromatic nitrogens is 1. The van der Waals surface area contributed by atoms with Crippen molar-refractivity contribution in [2.75, 3.05) is 0 Å². The van der Waals surface area contributed by atoms with Crippen LogP contribution in [0.4, 0.5) is 0 Å². The molecule has 0 spiro atoms. The fourth-order valence-corrected chi connectivity index (χ4v) is 9.59. The number of carbonyl (C=O) groups is 3. The number of nitrogens with zero attached hydrogens (tertiary/aromatic N) is 1. The number of carboxylic acids is 1. The normalized spacial score (nSPS) is 35.6. The molecule has 1 saturated heterocycles. The first-order valence-electron chi connectivity index (χ1n) is 10.5. The first-order chi connectivity index (χ1) is 15.3. The largest absolute Gasteiger partial charge is 0.480 e. The van der Waals surface area contributed by atoms with E-state index < -0.39 is 23.8 Å². The number of hydrogen-bond donors (Lipinski definition) is 2. The lowest BCUT2D eigenvalue weighted by atomic mass is 9.68. The Balaban J connectivity index is 1.45. The maximum Gasteiger partial charge on any atom is 0.326 e. The number of aliphatic carboxylic acids is 1. The molecule has 10 heteroatoms. The summed E-state index contributed by atoms with van der Waals surface area (Å²) in [5, 5.41) is 11.0. The number of halogens is 1. The van der Waals surface area contributed by atoms with Gasteiger partial charge in [-0.3, -0.25) is 19.3 Å². The van der Waals surface area contributed by atoms with Crippen molar-refractivity contribution in [3.05, 3.63) is 49.4 Å². The monoisotopic (exact) mass is 490 g/mol. The van der Waals surface area contributed by atoms with Crippen LogP contribution in [0.2, 0.25) is 5.02 Å². The second-order valence-electron chi connectivity index (χ2n) is 9.07. The molecule has 2 aliphatic carbocycles.